The fraction of sp³-hybridized carbons (Fsp3) is 0.208. The number of hydrogen-bond donors (Lipinski definition) is 0. The van der Waals surface area contributed by atoms with Crippen LogP contribution in [0.15, 0.2) is 116 Å². The Morgan fingerprint density at radius 1 is 0.524 bits per heavy atom. The fourth-order valence-electron chi connectivity index (χ4n) is 8.38. The van der Waals surface area contributed by atoms with E-state index in [9.17, 15) is 0 Å². The molecule has 63 heavy (non-hydrogen) atoms. The van der Waals surface area contributed by atoms with E-state index in [4.69, 9.17) is 9.47 Å². The topological polar surface area (TPSA) is 57.2 Å². The van der Waals surface area contributed by atoms with Crippen molar-refractivity contribution < 1.29 is 50.3 Å². The van der Waals surface area contributed by atoms with Crippen molar-refractivity contribution in [3.63, 3.8) is 0 Å². The minimum Gasteiger partial charge on any atom is -0.504 e. The Kier molecular flexibility index (Phi) is 11.8. The molecule has 0 fully saturated rings. The minimum atomic E-state index is -0.385. The van der Waals surface area contributed by atoms with Gasteiger partial charge in [0.25, 0.3) is 0 Å². The zero-order valence-corrected chi connectivity index (χ0v) is 39.4. The van der Waals surface area contributed by atoms with Gasteiger partial charge in [-0.1, -0.05) is 83.2 Å². The van der Waals surface area contributed by atoms with E-state index in [1.54, 1.807) is 12.4 Å². The van der Waals surface area contributed by atoms with Crippen LogP contribution in [0.3, 0.4) is 0 Å². The van der Waals surface area contributed by atoms with Gasteiger partial charge in [-0.05, 0) is 72.5 Å². The van der Waals surface area contributed by atoms with Crippen LogP contribution in [0.2, 0.25) is 0 Å². The Morgan fingerprint density at radius 3 is 1.35 bits per heavy atom. The second-order valence-corrected chi connectivity index (χ2v) is 18.0. The maximum absolute atomic E-state index is 6.61. The first kappa shape index (κ1) is 44.1. The second-order valence-electron chi connectivity index (χ2n) is 18.0. The van der Waals surface area contributed by atoms with Gasteiger partial charge in [-0.25, -0.2) is 16.0 Å². The van der Waals surface area contributed by atoms with Gasteiger partial charge in [-0.2, -0.15) is 72.0 Å². The predicted octanol–water partition coefficient (Wildman–Crippen LogP) is 12.4. The average Bonchev–Trinajstić information content (AvgIpc) is 3.88. The molecule has 0 atom stereocenters. The molecule has 10 heteroatoms. The van der Waals surface area contributed by atoms with Crippen molar-refractivity contribution in [3.8, 4) is 34.4 Å². The van der Waals surface area contributed by atoms with E-state index in [-0.39, 0.29) is 57.6 Å². The van der Waals surface area contributed by atoms with E-state index in [2.05, 4.69) is 196 Å². The van der Waals surface area contributed by atoms with Gasteiger partial charge >= 0.3 is 0 Å². The van der Waals surface area contributed by atoms with E-state index < -0.39 is 0 Å². The minimum absolute atomic E-state index is 0. The third-order valence-corrected chi connectivity index (χ3v) is 11.6. The number of fused-ring (bicyclic) bond motifs is 5. The number of anilines is 6. The normalized spacial score (nSPS) is 14.1. The molecule has 2 aromatic heterocycles. The third-order valence-electron chi connectivity index (χ3n) is 11.6. The number of aromatic nitrogens is 2. The van der Waals surface area contributed by atoms with E-state index in [1.165, 1.54) is 0 Å². The number of ether oxygens (including phenoxy) is 2. The van der Waals surface area contributed by atoms with Crippen LogP contribution in [-0.4, -0.2) is 24.1 Å². The van der Waals surface area contributed by atoms with Crippen molar-refractivity contribution >= 4 is 34.1 Å². The molecule has 10 rings (SSSR count). The Hall–Kier alpha value is -5.48. The molecule has 0 unspecified atom stereocenters. The van der Waals surface area contributed by atoms with Crippen molar-refractivity contribution in [2.24, 2.45) is 0 Å². The number of rotatable bonds is 7. The number of pyridine rings is 2. The van der Waals surface area contributed by atoms with E-state index in [0.29, 0.717) is 23.3 Å². The second kappa shape index (κ2) is 16.9. The molecule has 0 spiro atoms. The summed E-state index contributed by atoms with van der Waals surface area (Å²) < 4.78 is 13.2. The maximum Gasteiger partial charge on any atom is 0.215 e. The van der Waals surface area contributed by atoms with Gasteiger partial charge in [0.1, 0.15) is 0 Å². The molecular formula is C53H46N6O2Pd2-6. The number of benzene rings is 5. The molecule has 7 aromatic rings. The number of para-hydroxylation sites is 4. The first-order valence-corrected chi connectivity index (χ1v) is 20.6. The molecular weight excluding hydrogens is 965 g/mol. The first-order valence-electron chi connectivity index (χ1n) is 20.6. The van der Waals surface area contributed by atoms with Gasteiger partial charge in [-0.15, -0.1) is 11.4 Å². The van der Waals surface area contributed by atoms with Crippen LogP contribution in [0.5, 0.6) is 23.3 Å². The van der Waals surface area contributed by atoms with Gasteiger partial charge in [0.15, 0.2) is 0 Å². The van der Waals surface area contributed by atoms with Gasteiger partial charge in [0, 0.05) is 88.1 Å². The number of hydrogen-bond acceptors (Lipinski definition) is 8. The Labute approximate surface area is 399 Å². The maximum atomic E-state index is 6.61. The van der Waals surface area contributed by atoms with Crippen LogP contribution in [0, 0.1) is 37.6 Å². The standard InChI is InChI=1S/C53H46N6O2.2Pd/c1-52(2,3)35-21-23-54-49(27-35)60-39-25-34(26-40(31-39)61-50-28-36(22-24-55-50)53(4,5)6)51-43-29-37(58-32-56(7)45-13-9-11-15-47(45)58)17-19-41(43)42-20-18-38(30-44(42)51)59-33-57(8)46-14-10-12-16-48(46)59;;/h9-24,27-28,31-33,51H,1-8H3;;/q-6;;. The molecule has 326 valence electrons. The molecule has 2 aliphatic heterocycles. The van der Waals surface area contributed by atoms with Crippen molar-refractivity contribution in [2.75, 3.05) is 33.7 Å². The van der Waals surface area contributed by atoms with E-state index in [0.717, 1.165) is 73.1 Å². The van der Waals surface area contributed by atoms with Crippen molar-refractivity contribution in [1.82, 2.24) is 9.97 Å². The zero-order chi connectivity index (χ0) is 42.2. The Balaban J connectivity index is 0.00000272. The Bertz CT molecular complexity index is 2650. The van der Waals surface area contributed by atoms with Crippen LogP contribution in [0.1, 0.15) is 75.3 Å². The summed E-state index contributed by atoms with van der Waals surface area (Å²) in [5.74, 6) is 1.44. The van der Waals surface area contributed by atoms with Gasteiger partial charge in [-0.3, -0.25) is 5.56 Å². The zero-order valence-electron chi connectivity index (χ0n) is 36.3. The quantitative estimate of drug-likeness (QED) is 0.116. The molecule has 0 amide bonds. The van der Waals surface area contributed by atoms with Gasteiger partial charge < -0.3 is 41.2 Å². The summed E-state index contributed by atoms with van der Waals surface area (Å²) in [4.78, 5) is 17.9. The van der Waals surface area contributed by atoms with Gasteiger partial charge in [0.05, 0.1) is 0 Å². The predicted molar refractivity (Wildman–Crippen MR) is 243 cm³/mol. The molecule has 0 saturated carbocycles. The van der Waals surface area contributed by atoms with Crippen LogP contribution in [-0.2, 0) is 51.7 Å². The average molecular weight is 1010 g/mol. The van der Waals surface area contributed by atoms with Crippen molar-refractivity contribution in [3.05, 3.63) is 181 Å². The molecule has 8 nitrogen and oxygen atoms in total. The molecule has 0 radical (unpaired) electrons. The molecule has 0 saturated heterocycles. The Morgan fingerprint density at radius 2 is 0.937 bits per heavy atom. The smallest absolute Gasteiger partial charge is 0.215 e. The third kappa shape index (κ3) is 8.27. The fourth-order valence-corrected chi connectivity index (χ4v) is 8.38. The monoisotopic (exact) mass is 1010 g/mol. The van der Waals surface area contributed by atoms with E-state index >= 15 is 0 Å². The summed E-state index contributed by atoms with van der Waals surface area (Å²) in [5.41, 5.74) is 13.2. The summed E-state index contributed by atoms with van der Waals surface area (Å²) >= 11 is 0. The molecule has 0 bridgehead atoms. The SMILES string of the molecule is CN1[CH-]N(c2[c-]c3c(cc2)-c2ccc(N4[CH-]N(C)c5ccccc54)[c-]c2C3c2[c-]c(Oc3cc(C(C)(C)C)ccn3)cc(Oc3cc(C(C)(C)C)ccn3)[c-]2)c2ccccc21.[Pd].[Pd]. The van der Waals surface area contributed by atoms with Gasteiger partial charge in [0.2, 0.25) is 11.8 Å². The van der Waals surface area contributed by atoms with E-state index in [1.807, 2.05) is 30.3 Å². The summed E-state index contributed by atoms with van der Waals surface area (Å²) in [5, 5.41) is 0. The first-order chi connectivity index (χ1) is 29.3. The van der Waals surface area contributed by atoms with Crippen LogP contribution in [0.25, 0.3) is 11.1 Å². The molecule has 5 aromatic carbocycles. The summed E-state index contributed by atoms with van der Waals surface area (Å²) in [6.45, 7) is 17.3. The molecule has 3 aliphatic rings. The summed E-state index contributed by atoms with van der Waals surface area (Å²) in [7, 11) is 4.14. The van der Waals surface area contributed by atoms with Crippen molar-refractivity contribution in [1.29, 1.82) is 0 Å². The van der Waals surface area contributed by atoms with Crippen LogP contribution < -0.4 is 29.1 Å². The number of nitrogens with zero attached hydrogens (tertiary/aromatic N) is 6. The summed E-state index contributed by atoms with van der Waals surface area (Å²) in [6.07, 6.45) is 3.58. The van der Waals surface area contributed by atoms with Crippen molar-refractivity contribution in [2.45, 2.75) is 58.3 Å². The molecule has 4 heterocycles. The summed E-state index contributed by atoms with van der Waals surface area (Å²) in [6, 6.07) is 50.4. The molecule has 0 N–H and O–H groups in total. The van der Waals surface area contributed by atoms with Crippen LogP contribution in [0.4, 0.5) is 34.1 Å². The largest absolute Gasteiger partial charge is 0.504 e. The van der Waals surface area contributed by atoms with Crippen LogP contribution >= 0.6 is 0 Å². The molecule has 1 aliphatic carbocycles.